The van der Waals surface area contributed by atoms with Gasteiger partial charge >= 0.3 is 0 Å². The van der Waals surface area contributed by atoms with E-state index in [-0.39, 0.29) is 6.61 Å². The van der Waals surface area contributed by atoms with Gasteiger partial charge in [0.15, 0.2) is 6.23 Å². The lowest BCUT2D eigenvalue weighted by Crippen LogP contribution is -2.39. The van der Waals surface area contributed by atoms with Crippen molar-refractivity contribution in [1.29, 1.82) is 0 Å². The van der Waals surface area contributed by atoms with Crippen molar-refractivity contribution >= 4 is 35.0 Å². The monoisotopic (exact) mass is 388 g/mol. The Morgan fingerprint density at radius 1 is 1.33 bits per heavy atom. The van der Waals surface area contributed by atoms with Gasteiger partial charge < -0.3 is 20.8 Å². The minimum Gasteiger partial charge on any atom is -0.394 e. The van der Waals surface area contributed by atoms with Gasteiger partial charge in [0, 0.05) is 27.9 Å². The second-order valence-corrected chi connectivity index (χ2v) is 7.48. The third kappa shape index (κ3) is 4.40. The first-order chi connectivity index (χ1) is 13.0. The number of unbranched alkanes of at least 4 members (excludes halogenated alkanes) is 1. The zero-order valence-corrected chi connectivity index (χ0v) is 16.3. The van der Waals surface area contributed by atoms with E-state index in [1.165, 1.54) is 0 Å². The number of anilines is 2. The summed E-state index contributed by atoms with van der Waals surface area (Å²) in [6, 6.07) is 7.37. The van der Waals surface area contributed by atoms with Crippen LogP contribution in [0.3, 0.4) is 0 Å². The van der Waals surface area contributed by atoms with Gasteiger partial charge in [-0.3, -0.25) is 0 Å². The molecule has 2 heterocycles. The molecule has 144 valence electrons. The lowest BCUT2D eigenvalue weighted by Gasteiger charge is -2.29. The summed E-state index contributed by atoms with van der Waals surface area (Å²) in [5.74, 6) is 0.947. The van der Waals surface area contributed by atoms with Crippen LogP contribution < -0.4 is 10.6 Å². The maximum absolute atomic E-state index is 10.5. The molecular formula is C20H25ClN4O2. The van der Waals surface area contributed by atoms with Gasteiger partial charge in [-0.25, -0.2) is 4.98 Å². The van der Waals surface area contributed by atoms with Gasteiger partial charge in [-0.1, -0.05) is 49.6 Å². The van der Waals surface area contributed by atoms with E-state index in [0.717, 1.165) is 30.4 Å². The summed E-state index contributed by atoms with van der Waals surface area (Å²) >= 11 is 6.26. The SMILES string of the molecule is CCCCC(C)(CO)Nc1ncc2c(n1)NC(O)C(c1ccccc1Cl)=C2. The molecule has 1 aromatic heterocycles. The van der Waals surface area contributed by atoms with Gasteiger partial charge in [0.25, 0.3) is 0 Å². The molecule has 6 nitrogen and oxygen atoms in total. The number of benzene rings is 1. The van der Waals surface area contributed by atoms with Crippen molar-refractivity contribution in [3.63, 3.8) is 0 Å². The van der Waals surface area contributed by atoms with Gasteiger partial charge in [0.05, 0.1) is 12.1 Å². The summed E-state index contributed by atoms with van der Waals surface area (Å²) < 4.78 is 0. The maximum atomic E-state index is 10.5. The standard InChI is InChI=1S/C20H25ClN4O2/c1-3-4-9-20(2,12-26)25-19-22-11-13-10-15(18(27)23-17(13)24-19)14-7-5-6-8-16(14)21/h5-8,10-11,18,26-27H,3-4,9,12H2,1-2H3,(H2,22,23,24,25). The molecule has 0 fully saturated rings. The minimum absolute atomic E-state index is 0.0138. The average Bonchev–Trinajstić information content (AvgIpc) is 2.66. The highest BCUT2D eigenvalue weighted by Gasteiger charge is 2.26. The predicted molar refractivity (Wildman–Crippen MR) is 110 cm³/mol. The topological polar surface area (TPSA) is 90.3 Å². The Morgan fingerprint density at radius 2 is 2.11 bits per heavy atom. The Balaban J connectivity index is 1.87. The molecular weight excluding hydrogens is 364 g/mol. The van der Waals surface area contributed by atoms with Crippen LogP contribution in [0.15, 0.2) is 30.5 Å². The number of aliphatic hydroxyl groups is 2. The van der Waals surface area contributed by atoms with Crippen LogP contribution in [-0.2, 0) is 0 Å². The number of rotatable bonds is 7. The first kappa shape index (κ1) is 19.6. The summed E-state index contributed by atoms with van der Waals surface area (Å²) in [6.07, 6.45) is 5.46. The fourth-order valence-corrected chi connectivity index (χ4v) is 3.31. The fraction of sp³-hybridized carbons (Fsp3) is 0.400. The molecule has 27 heavy (non-hydrogen) atoms. The third-order valence-corrected chi connectivity index (χ3v) is 5.06. The number of hydrogen-bond acceptors (Lipinski definition) is 6. The number of aromatic nitrogens is 2. The van der Waals surface area contributed by atoms with Gasteiger partial charge in [0.1, 0.15) is 5.82 Å². The van der Waals surface area contributed by atoms with E-state index in [4.69, 9.17) is 11.6 Å². The van der Waals surface area contributed by atoms with Crippen LogP contribution in [0, 0.1) is 0 Å². The number of nitrogens with zero attached hydrogens (tertiary/aromatic N) is 2. The fourth-order valence-electron chi connectivity index (χ4n) is 3.06. The van der Waals surface area contributed by atoms with Gasteiger partial charge in [-0.05, 0) is 25.5 Å². The molecule has 7 heteroatoms. The van der Waals surface area contributed by atoms with Crippen LogP contribution in [0.2, 0.25) is 5.02 Å². The molecule has 0 amide bonds. The van der Waals surface area contributed by atoms with E-state index in [1.54, 1.807) is 12.3 Å². The molecule has 0 radical (unpaired) electrons. The maximum Gasteiger partial charge on any atom is 0.225 e. The molecule has 1 aromatic carbocycles. The van der Waals surface area contributed by atoms with Crippen LogP contribution in [0.4, 0.5) is 11.8 Å². The van der Waals surface area contributed by atoms with E-state index in [1.807, 2.05) is 31.2 Å². The molecule has 0 saturated heterocycles. The van der Waals surface area contributed by atoms with Gasteiger partial charge in [0.2, 0.25) is 5.95 Å². The van der Waals surface area contributed by atoms with Crippen LogP contribution in [0.25, 0.3) is 11.6 Å². The van der Waals surface area contributed by atoms with Crippen LogP contribution in [-0.4, -0.2) is 38.6 Å². The second-order valence-electron chi connectivity index (χ2n) is 7.07. The van der Waals surface area contributed by atoms with Crippen LogP contribution in [0.5, 0.6) is 0 Å². The molecule has 0 aliphatic carbocycles. The predicted octanol–water partition coefficient (Wildman–Crippen LogP) is 3.77. The Morgan fingerprint density at radius 3 is 2.81 bits per heavy atom. The molecule has 0 saturated carbocycles. The number of hydrogen-bond donors (Lipinski definition) is 4. The van der Waals surface area contributed by atoms with E-state index in [2.05, 4.69) is 27.5 Å². The van der Waals surface area contributed by atoms with Crippen molar-refractivity contribution in [2.75, 3.05) is 17.2 Å². The Labute approximate surface area is 164 Å². The number of nitrogens with one attached hydrogen (secondary N) is 2. The molecule has 3 rings (SSSR count). The quantitative estimate of drug-likeness (QED) is 0.577. The largest absolute Gasteiger partial charge is 0.394 e. The Hall–Kier alpha value is -2.15. The summed E-state index contributed by atoms with van der Waals surface area (Å²) in [7, 11) is 0. The van der Waals surface area contributed by atoms with Crippen molar-refractivity contribution in [2.45, 2.75) is 44.9 Å². The lowest BCUT2D eigenvalue weighted by atomic mass is 9.96. The molecule has 2 unspecified atom stereocenters. The highest BCUT2D eigenvalue weighted by atomic mass is 35.5. The summed E-state index contributed by atoms with van der Waals surface area (Å²) in [5, 5.41) is 27.1. The normalized spacial score (nSPS) is 18.1. The zero-order chi connectivity index (χ0) is 19.4. The van der Waals surface area contributed by atoms with Crippen molar-refractivity contribution in [3.05, 3.63) is 46.6 Å². The van der Waals surface area contributed by atoms with Gasteiger partial charge in [-0.15, -0.1) is 0 Å². The lowest BCUT2D eigenvalue weighted by molar-refractivity contribution is 0.211. The second kappa shape index (κ2) is 8.25. The smallest absolute Gasteiger partial charge is 0.225 e. The van der Waals surface area contributed by atoms with Crippen molar-refractivity contribution in [1.82, 2.24) is 9.97 Å². The molecule has 0 spiro atoms. The first-order valence-corrected chi connectivity index (χ1v) is 9.51. The molecule has 2 aromatic rings. The van der Waals surface area contributed by atoms with E-state index in [9.17, 15) is 10.2 Å². The van der Waals surface area contributed by atoms with Gasteiger partial charge in [-0.2, -0.15) is 4.98 Å². The molecule has 1 aliphatic heterocycles. The number of fused-ring (bicyclic) bond motifs is 1. The Bertz CT molecular complexity index is 842. The molecule has 0 bridgehead atoms. The van der Waals surface area contributed by atoms with Crippen molar-refractivity contribution in [2.24, 2.45) is 0 Å². The summed E-state index contributed by atoms with van der Waals surface area (Å²) in [6.45, 7) is 4.05. The number of aliphatic hydroxyl groups excluding tert-OH is 2. The van der Waals surface area contributed by atoms with E-state index in [0.29, 0.717) is 22.4 Å². The zero-order valence-electron chi connectivity index (χ0n) is 15.5. The molecule has 2 atom stereocenters. The summed E-state index contributed by atoms with van der Waals surface area (Å²) in [4.78, 5) is 8.85. The average molecular weight is 389 g/mol. The van der Waals surface area contributed by atoms with Crippen molar-refractivity contribution < 1.29 is 10.2 Å². The first-order valence-electron chi connectivity index (χ1n) is 9.13. The highest BCUT2D eigenvalue weighted by molar-refractivity contribution is 6.32. The third-order valence-electron chi connectivity index (χ3n) is 4.73. The minimum atomic E-state index is -0.926. The van der Waals surface area contributed by atoms with Crippen LogP contribution in [0.1, 0.15) is 44.2 Å². The van der Waals surface area contributed by atoms with E-state index < -0.39 is 11.8 Å². The highest BCUT2D eigenvalue weighted by Crippen LogP contribution is 2.34. The molecule has 1 aliphatic rings. The Kier molecular flexibility index (Phi) is 5.99. The summed E-state index contributed by atoms with van der Waals surface area (Å²) in [5.41, 5.74) is 1.70. The van der Waals surface area contributed by atoms with E-state index >= 15 is 0 Å². The molecule has 4 N–H and O–H groups in total. The van der Waals surface area contributed by atoms with Crippen LogP contribution >= 0.6 is 11.6 Å². The number of halogens is 1. The van der Waals surface area contributed by atoms with Crippen molar-refractivity contribution in [3.8, 4) is 0 Å².